The maximum atomic E-state index is 5.21. The third-order valence-corrected chi connectivity index (χ3v) is 3.40. The Kier molecular flexibility index (Phi) is 4.40. The molecule has 2 aromatic carbocycles. The van der Waals surface area contributed by atoms with Gasteiger partial charge in [-0.2, -0.15) is 0 Å². The Morgan fingerprint density at radius 3 is 2.00 bits per heavy atom. The Balaban J connectivity index is 2.32. The maximum absolute atomic E-state index is 5.21. The van der Waals surface area contributed by atoms with E-state index in [0.29, 0.717) is 5.92 Å². The van der Waals surface area contributed by atoms with Crippen molar-refractivity contribution in [3.05, 3.63) is 77.9 Å². The maximum Gasteiger partial charge on any atom is 0.118 e. The second-order valence-electron chi connectivity index (χ2n) is 4.76. The molecule has 0 aromatic heterocycles. The van der Waals surface area contributed by atoms with Crippen molar-refractivity contribution < 1.29 is 4.74 Å². The van der Waals surface area contributed by atoms with Gasteiger partial charge in [0.15, 0.2) is 0 Å². The van der Waals surface area contributed by atoms with Crippen molar-refractivity contribution in [3.8, 4) is 5.75 Å². The second kappa shape index (κ2) is 6.24. The molecule has 98 valence electrons. The summed E-state index contributed by atoms with van der Waals surface area (Å²) in [6.07, 6.45) is 2.92. The van der Waals surface area contributed by atoms with Gasteiger partial charge in [-0.15, -0.1) is 6.58 Å². The molecule has 0 N–H and O–H groups in total. The highest BCUT2D eigenvalue weighted by atomic mass is 16.5. The first-order valence-electron chi connectivity index (χ1n) is 6.56. The van der Waals surface area contributed by atoms with E-state index in [4.69, 9.17) is 4.74 Å². The zero-order chi connectivity index (χ0) is 13.7. The van der Waals surface area contributed by atoms with Crippen molar-refractivity contribution in [3.63, 3.8) is 0 Å². The Hall–Kier alpha value is -2.02. The van der Waals surface area contributed by atoms with E-state index in [2.05, 4.69) is 49.9 Å². The Morgan fingerprint density at radius 1 is 1.00 bits per heavy atom. The smallest absolute Gasteiger partial charge is 0.118 e. The number of rotatable bonds is 5. The van der Waals surface area contributed by atoms with Gasteiger partial charge in [0.05, 0.1) is 7.11 Å². The van der Waals surface area contributed by atoms with Crippen LogP contribution in [0.1, 0.15) is 29.0 Å². The monoisotopic (exact) mass is 252 g/mol. The molecule has 0 radical (unpaired) electrons. The van der Waals surface area contributed by atoms with Crippen LogP contribution in [0.2, 0.25) is 0 Å². The van der Waals surface area contributed by atoms with Crippen LogP contribution in [0, 0.1) is 6.92 Å². The van der Waals surface area contributed by atoms with E-state index in [0.717, 1.165) is 12.2 Å². The van der Waals surface area contributed by atoms with Gasteiger partial charge in [0.1, 0.15) is 5.75 Å². The fraction of sp³-hybridized carbons (Fsp3) is 0.222. The lowest BCUT2D eigenvalue weighted by Gasteiger charge is -2.17. The predicted octanol–water partition coefficient (Wildman–Crippen LogP) is 4.71. The predicted molar refractivity (Wildman–Crippen MR) is 80.8 cm³/mol. The van der Waals surface area contributed by atoms with Crippen LogP contribution in [0.25, 0.3) is 0 Å². The number of methoxy groups -OCH3 is 1. The van der Waals surface area contributed by atoms with Gasteiger partial charge in [0, 0.05) is 5.92 Å². The summed E-state index contributed by atoms with van der Waals surface area (Å²) in [5.74, 6) is 1.26. The zero-order valence-corrected chi connectivity index (χ0v) is 11.6. The molecule has 19 heavy (non-hydrogen) atoms. The van der Waals surface area contributed by atoms with Crippen LogP contribution in [0.5, 0.6) is 5.75 Å². The van der Waals surface area contributed by atoms with E-state index in [-0.39, 0.29) is 0 Å². The molecule has 0 spiro atoms. The molecule has 0 aliphatic heterocycles. The van der Waals surface area contributed by atoms with E-state index in [1.165, 1.54) is 16.7 Å². The van der Waals surface area contributed by atoms with Gasteiger partial charge in [-0.1, -0.05) is 48.0 Å². The summed E-state index contributed by atoms with van der Waals surface area (Å²) in [5.41, 5.74) is 3.91. The topological polar surface area (TPSA) is 9.23 Å². The highest BCUT2D eigenvalue weighted by molar-refractivity contribution is 5.37. The minimum absolute atomic E-state index is 0.365. The van der Waals surface area contributed by atoms with Crippen LogP contribution < -0.4 is 4.74 Å². The zero-order valence-electron chi connectivity index (χ0n) is 11.6. The van der Waals surface area contributed by atoms with Crippen molar-refractivity contribution in [2.45, 2.75) is 19.3 Å². The third kappa shape index (κ3) is 3.25. The van der Waals surface area contributed by atoms with E-state index in [1.54, 1.807) is 7.11 Å². The van der Waals surface area contributed by atoms with E-state index in [1.807, 2.05) is 18.2 Å². The van der Waals surface area contributed by atoms with Gasteiger partial charge in [-0.25, -0.2) is 0 Å². The largest absolute Gasteiger partial charge is 0.497 e. The summed E-state index contributed by atoms with van der Waals surface area (Å²) in [6, 6.07) is 17.0. The number of hydrogen-bond acceptors (Lipinski definition) is 1. The van der Waals surface area contributed by atoms with Crippen molar-refractivity contribution in [2.75, 3.05) is 7.11 Å². The molecule has 0 fully saturated rings. The molecule has 0 bridgehead atoms. The minimum atomic E-state index is 0.365. The first kappa shape index (κ1) is 13.4. The lowest BCUT2D eigenvalue weighted by molar-refractivity contribution is 0.414. The third-order valence-electron chi connectivity index (χ3n) is 3.40. The number of allylic oxidation sites excluding steroid dienone is 1. The molecule has 2 aromatic rings. The average molecular weight is 252 g/mol. The molecule has 2 rings (SSSR count). The summed E-state index contributed by atoms with van der Waals surface area (Å²) in [4.78, 5) is 0. The summed E-state index contributed by atoms with van der Waals surface area (Å²) < 4.78 is 5.21. The van der Waals surface area contributed by atoms with Crippen LogP contribution in [0.3, 0.4) is 0 Å². The van der Waals surface area contributed by atoms with Gasteiger partial charge in [0.2, 0.25) is 0 Å². The Labute approximate surface area is 115 Å². The highest BCUT2D eigenvalue weighted by Gasteiger charge is 2.12. The van der Waals surface area contributed by atoms with Crippen molar-refractivity contribution >= 4 is 0 Å². The molecular formula is C18H20O. The molecule has 1 atom stereocenters. The van der Waals surface area contributed by atoms with Gasteiger partial charge in [0.25, 0.3) is 0 Å². The highest BCUT2D eigenvalue weighted by Crippen LogP contribution is 2.29. The molecule has 0 saturated carbocycles. The van der Waals surface area contributed by atoms with Gasteiger partial charge in [-0.05, 0) is 36.6 Å². The van der Waals surface area contributed by atoms with Gasteiger partial charge < -0.3 is 4.74 Å². The molecule has 1 unspecified atom stereocenters. The quantitative estimate of drug-likeness (QED) is 0.700. The summed E-state index contributed by atoms with van der Waals surface area (Å²) in [5, 5.41) is 0. The first-order valence-corrected chi connectivity index (χ1v) is 6.56. The SMILES string of the molecule is C=CCC(c1ccc(C)cc1)c1ccc(OC)cc1. The summed E-state index contributed by atoms with van der Waals surface area (Å²) in [7, 11) is 1.69. The number of hydrogen-bond donors (Lipinski definition) is 0. The summed E-state index contributed by atoms with van der Waals surface area (Å²) in [6.45, 7) is 5.99. The van der Waals surface area contributed by atoms with Gasteiger partial charge >= 0.3 is 0 Å². The summed E-state index contributed by atoms with van der Waals surface area (Å²) >= 11 is 0. The lowest BCUT2D eigenvalue weighted by Crippen LogP contribution is -2.00. The molecule has 0 aliphatic rings. The molecule has 1 nitrogen and oxygen atoms in total. The molecule has 0 amide bonds. The molecule has 1 heteroatoms. The Morgan fingerprint density at radius 2 is 1.53 bits per heavy atom. The van der Waals surface area contributed by atoms with Crippen LogP contribution in [-0.2, 0) is 0 Å². The molecule has 0 heterocycles. The number of benzene rings is 2. The average Bonchev–Trinajstić information content (AvgIpc) is 2.46. The molecule has 0 saturated heterocycles. The first-order chi connectivity index (χ1) is 9.24. The second-order valence-corrected chi connectivity index (χ2v) is 4.76. The van der Waals surface area contributed by atoms with Crippen LogP contribution in [0.15, 0.2) is 61.2 Å². The number of ether oxygens (including phenoxy) is 1. The van der Waals surface area contributed by atoms with Crippen LogP contribution in [-0.4, -0.2) is 7.11 Å². The van der Waals surface area contributed by atoms with E-state index >= 15 is 0 Å². The van der Waals surface area contributed by atoms with Crippen molar-refractivity contribution in [1.29, 1.82) is 0 Å². The van der Waals surface area contributed by atoms with Gasteiger partial charge in [-0.3, -0.25) is 0 Å². The van der Waals surface area contributed by atoms with E-state index < -0.39 is 0 Å². The van der Waals surface area contributed by atoms with Crippen molar-refractivity contribution in [1.82, 2.24) is 0 Å². The van der Waals surface area contributed by atoms with Crippen molar-refractivity contribution in [2.24, 2.45) is 0 Å². The minimum Gasteiger partial charge on any atom is -0.497 e. The standard InChI is InChI=1S/C18H20O/c1-4-5-18(15-8-6-14(2)7-9-15)16-10-12-17(19-3)13-11-16/h4,6-13,18H,1,5H2,2-3H3. The molecule has 0 aliphatic carbocycles. The normalized spacial score (nSPS) is 11.9. The van der Waals surface area contributed by atoms with Crippen LogP contribution in [0.4, 0.5) is 0 Å². The fourth-order valence-electron chi connectivity index (χ4n) is 2.27. The Bertz CT molecular complexity index is 523. The van der Waals surface area contributed by atoms with Crippen LogP contribution >= 0.6 is 0 Å². The fourth-order valence-corrected chi connectivity index (χ4v) is 2.27. The van der Waals surface area contributed by atoms with E-state index in [9.17, 15) is 0 Å². The molecular weight excluding hydrogens is 232 g/mol. The lowest BCUT2D eigenvalue weighted by atomic mass is 9.88. The number of aryl methyl sites for hydroxylation is 1.